The monoisotopic (exact) mass is 845 g/mol. The van der Waals surface area contributed by atoms with Gasteiger partial charge in [-0.2, -0.15) is 27.1 Å². The summed E-state index contributed by atoms with van der Waals surface area (Å²) in [6, 6.07) is 29.3. The van der Waals surface area contributed by atoms with Crippen molar-refractivity contribution in [3.63, 3.8) is 0 Å². The second-order valence-corrected chi connectivity index (χ2v) is 16.0. The summed E-state index contributed by atoms with van der Waals surface area (Å²) in [5, 5.41) is 51.8. The lowest BCUT2D eigenvalue weighted by atomic mass is 10.1. The number of aryl methyl sites for hydroxylation is 1. The molecule has 0 unspecified atom stereocenters. The highest BCUT2D eigenvalue weighted by Gasteiger charge is 2.24. The van der Waals surface area contributed by atoms with Crippen molar-refractivity contribution in [2.24, 2.45) is 25.4 Å². The van der Waals surface area contributed by atoms with E-state index in [9.17, 15) is 46.1 Å². The van der Waals surface area contributed by atoms with Crippen LogP contribution in [-0.4, -0.2) is 53.1 Å². The number of benzene rings is 7. The van der Waals surface area contributed by atoms with Gasteiger partial charge in [-0.1, -0.05) is 23.8 Å². The molecule has 0 atom stereocenters. The second-order valence-electron chi connectivity index (χ2n) is 13.2. The number of aliphatic hydroxyl groups excluding tert-OH is 1. The number of nitrogens with two attached hydrogens (primary N) is 1. The first-order valence-corrected chi connectivity index (χ1v) is 20.3. The molecule has 0 saturated heterocycles. The second kappa shape index (κ2) is 16.0. The van der Waals surface area contributed by atoms with E-state index < -0.39 is 58.8 Å². The summed E-state index contributed by atoms with van der Waals surface area (Å²) in [6.07, 6.45) is 0. The summed E-state index contributed by atoms with van der Waals surface area (Å²) in [7, 11) is -9.80. The quantitative estimate of drug-likeness (QED) is 0.0224. The lowest BCUT2D eigenvalue weighted by Gasteiger charge is -2.11. The number of anilines is 2. The van der Waals surface area contributed by atoms with Crippen molar-refractivity contribution in [1.82, 2.24) is 0 Å². The summed E-state index contributed by atoms with van der Waals surface area (Å²) in [4.78, 5) is 15.9. The lowest BCUT2D eigenvalue weighted by Crippen LogP contribution is -2.11. The molecule has 0 saturated carbocycles. The highest BCUT2D eigenvalue weighted by Crippen LogP contribution is 2.44. The van der Waals surface area contributed by atoms with Crippen LogP contribution < -0.4 is 11.1 Å². The molecule has 0 aliphatic carbocycles. The standard InChI is InChI=1S/C41H31N7O10S2/c1-22-2-11-28(12-3-22)45-48-37-34(59(53,54)55)19-25-8-15-31(21-33(25)39(37)50)44-41(52)24-6-13-29(14-7-24)46-47-36-35(60(56,57)58)20-26-18-30(16-17-32(26)38(36)49)43-40(51)23-4-9-27(42)10-5-23/h2-21,49-50H,42H2,1H3,(H,43,51)(H,44,52)(H,53,54,55)(H,56,57,58). The number of nitrogens with zero attached hydrogens (tertiary/aromatic N) is 5. The minimum absolute atomic E-state index is 0.0950. The summed E-state index contributed by atoms with van der Waals surface area (Å²) >= 11 is 0. The fourth-order valence-corrected chi connectivity index (χ4v) is 7.26. The molecule has 7 rings (SSSR count). The maximum atomic E-state index is 13.2. The van der Waals surface area contributed by atoms with Crippen molar-refractivity contribution in [3.05, 3.63) is 138 Å². The van der Waals surface area contributed by atoms with E-state index in [4.69, 9.17) is 5.73 Å². The van der Waals surface area contributed by atoms with Crippen molar-refractivity contribution < 1.29 is 46.1 Å². The van der Waals surface area contributed by atoms with Gasteiger partial charge >= 0.3 is 0 Å². The summed E-state index contributed by atoms with van der Waals surface area (Å²) in [5.74, 6) is -2.17. The number of fused-ring (bicyclic) bond motifs is 2. The number of hydrogen-bond acceptors (Lipinski definition) is 13. The van der Waals surface area contributed by atoms with Gasteiger partial charge in [-0.05, 0) is 121 Å². The minimum Gasteiger partial charge on any atom is -0.505 e. The van der Waals surface area contributed by atoms with E-state index in [-0.39, 0.29) is 50.1 Å². The molecule has 0 bridgehead atoms. The molecule has 0 spiro atoms. The van der Waals surface area contributed by atoms with Crippen LogP contribution in [-0.2, 0) is 20.2 Å². The fourth-order valence-electron chi connectivity index (χ4n) is 5.94. The number of aromatic hydroxyl groups is 2. The molecule has 8 N–H and O–H groups in total. The Hall–Kier alpha value is -7.58. The molecule has 0 radical (unpaired) electrons. The third kappa shape index (κ3) is 8.78. The number of carbonyl (C=O) groups is 1. The van der Waals surface area contributed by atoms with Gasteiger partial charge in [0.05, 0.1) is 17.1 Å². The predicted molar refractivity (Wildman–Crippen MR) is 224 cm³/mol. The van der Waals surface area contributed by atoms with Gasteiger partial charge in [-0.25, -0.2) is 4.99 Å². The number of carbonyl (C=O) groups excluding carboxylic acids is 1. The van der Waals surface area contributed by atoms with Gasteiger partial charge in [-0.15, -0.1) is 10.2 Å². The van der Waals surface area contributed by atoms with Crippen LogP contribution in [0.4, 0.5) is 39.8 Å². The topological polar surface area (TPSA) is 286 Å². The zero-order valence-corrected chi connectivity index (χ0v) is 32.6. The Bertz CT molecular complexity index is 3170. The van der Waals surface area contributed by atoms with Gasteiger partial charge in [0.25, 0.3) is 26.1 Å². The van der Waals surface area contributed by atoms with E-state index in [1.165, 1.54) is 60.7 Å². The van der Waals surface area contributed by atoms with E-state index in [2.05, 4.69) is 30.8 Å². The van der Waals surface area contributed by atoms with Crippen LogP contribution in [0.2, 0.25) is 0 Å². The molecular formula is C41H31N7O10S2. The number of azo groups is 2. The van der Waals surface area contributed by atoms with E-state index in [0.29, 0.717) is 16.9 Å². The molecular weight excluding hydrogens is 815 g/mol. The number of nitrogen functional groups attached to an aromatic ring is 1. The van der Waals surface area contributed by atoms with Crippen molar-refractivity contribution in [2.75, 3.05) is 11.1 Å². The van der Waals surface area contributed by atoms with Crippen LogP contribution in [0.1, 0.15) is 21.5 Å². The zero-order chi connectivity index (χ0) is 42.9. The number of amides is 1. The third-order valence-electron chi connectivity index (χ3n) is 9.00. The Labute approximate surface area is 341 Å². The van der Waals surface area contributed by atoms with Crippen LogP contribution in [0.3, 0.4) is 0 Å². The summed E-state index contributed by atoms with van der Waals surface area (Å²) < 4.78 is 69.2. The summed E-state index contributed by atoms with van der Waals surface area (Å²) in [5.41, 5.74) is 7.47. The maximum absolute atomic E-state index is 13.2. The smallest absolute Gasteiger partial charge is 0.296 e. The number of phenols is 2. The SMILES string of the molecule is Cc1ccc(N=Nc2c(S(=O)(=O)O)cc3ccc(NC(=O)c4ccc(N=Nc5c(S(=O)(=O)O)cc6cc(N=C(O)c7ccc(N)cc7)ccc6c5O)cc4)cc3c2O)cc1. The fraction of sp³-hybridized carbons (Fsp3) is 0.0244. The number of aliphatic hydroxyl groups is 1. The Kier molecular flexibility index (Phi) is 10.8. The Balaban J connectivity index is 1.12. The molecule has 0 aliphatic heterocycles. The van der Waals surface area contributed by atoms with Crippen molar-refractivity contribution in [2.45, 2.75) is 16.7 Å². The summed E-state index contributed by atoms with van der Waals surface area (Å²) in [6.45, 7) is 1.87. The molecule has 7 aromatic carbocycles. The normalized spacial score (nSPS) is 12.5. The first-order chi connectivity index (χ1) is 28.4. The van der Waals surface area contributed by atoms with E-state index in [0.717, 1.165) is 17.7 Å². The number of rotatable bonds is 10. The van der Waals surface area contributed by atoms with Crippen LogP contribution in [0, 0.1) is 6.92 Å². The largest absolute Gasteiger partial charge is 0.505 e. The molecule has 1 amide bonds. The van der Waals surface area contributed by atoms with E-state index in [1.54, 1.807) is 48.5 Å². The van der Waals surface area contributed by atoms with Crippen LogP contribution in [0.15, 0.2) is 157 Å². The molecule has 0 heterocycles. The number of aliphatic imine (C=N–C) groups is 1. The van der Waals surface area contributed by atoms with Gasteiger partial charge in [0.2, 0.25) is 5.90 Å². The Morgan fingerprint density at radius 3 is 1.68 bits per heavy atom. The van der Waals surface area contributed by atoms with Gasteiger partial charge < -0.3 is 26.4 Å². The molecule has 60 heavy (non-hydrogen) atoms. The Morgan fingerprint density at radius 2 is 1.10 bits per heavy atom. The van der Waals surface area contributed by atoms with Gasteiger partial charge in [0.15, 0.2) is 11.5 Å². The molecule has 7 aromatic rings. The van der Waals surface area contributed by atoms with Gasteiger partial charge in [0, 0.05) is 33.3 Å². The van der Waals surface area contributed by atoms with E-state index >= 15 is 0 Å². The number of nitrogens with one attached hydrogen (secondary N) is 1. The lowest BCUT2D eigenvalue weighted by molar-refractivity contribution is 0.102. The molecule has 17 nitrogen and oxygen atoms in total. The first-order valence-electron chi connectivity index (χ1n) is 17.4. The van der Waals surface area contributed by atoms with Crippen LogP contribution >= 0.6 is 0 Å². The van der Waals surface area contributed by atoms with Gasteiger partial charge in [-0.3, -0.25) is 13.9 Å². The van der Waals surface area contributed by atoms with Crippen molar-refractivity contribution >= 4 is 93.4 Å². The van der Waals surface area contributed by atoms with E-state index in [1.807, 2.05) is 6.92 Å². The highest BCUT2D eigenvalue weighted by atomic mass is 32.2. The molecule has 302 valence electrons. The molecule has 0 fully saturated rings. The first kappa shape index (κ1) is 40.6. The number of hydrogen-bond donors (Lipinski definition) is 7. The minimum atomic E-state index is -4.95. The third-order valence-corrected chi connectivity index (χ3v) is 10.7. The Morgan fingerprint density at radius 1 is 0.583 bits per heavy atom. The molecule has 0 aliphatic rings. The predicted octanol–water partition coefficient (Wildman–Crippen LogP) is 9.51. The van der Waals surface area contributed by atoms with Gasteiger partial charge in [0.1, 0.15) is 21.2 Å². The maximum Gasteiger partial charge on any atom is 0.296 e. The van der Waals surface area contributed by atoms with Crippen LogP contribution in [0.5, 0.6) is 11.5 Å². The number of phenolic OH excluding ortho intramolecular Hbond substituents is 2. The van der Waals surface area contributed by atoms with Crippen molar-refractivity contribution in [1.29, 1.82) is 0 Å². The van der Waals surface area contributed by atoms with Crippen LogP contribution in [0.25, 0.3) is 21.5 Å². The highest BCUT2D eigenvalue weighted by molar-refractivity contribution is 7.86. The molecule has 0 aromatic heterocycles. The van der Waals surface area contributed by atoms with Crippen molar-refractivity contribution in [3.8, 4) is 11.5 Å². The zero-order valence-electron chi connectivity index (χ0n) is 31.0. The average Bonchev–Trinajstić information content (AvgIpc) is 3.20. The average molecular weight is 846 g/mol. The molecule has 19 heteroatoms.